The van der Waals surface area contributed by atoms with Crippen LogP contribution in [-0.2, 0) is 6.61 Å². The number of thiazole rings is 1. The molecule has 3 aromatic rings. The van der Waals surface area contributed by atoms with Gasteiger partial charge in [-0.3, -0.25) is 4.98 Å². The number of rotatable bonds is 5. The molecule has 0 radical (unpaired) electrons. The van der Waals surface area contributed by atoms with Crippen LogP contribution in [0.2, 0.25) is 0 Å². The van der Waals surface area contributed by atoms with Gasteiger partial charge in [0, 0.05) is 30.2 Å². The molecule has 0 saturated heterocycles. The number of ether oxygens (including phenoxy) is 1. The third-order valence-electron chi connectivity index (χ3n) is 3.06. The van der Waals surface area contributed by atoms with E-state index in [4.69, 9.17) is 4.74 Å². The van der Waals surface area contributed by atoms with E-state index >= 15 is 0 Å². The lowest BCUT2D eigenvalue weighted by Gasteiger charge is -2.07. The number of nitro groups is 1. The first kappa shape index (κ1) is 15.0. The fourth-order valence-corrected chi connectivity index (χ4v) is 2.71. The molecule has 8 heteroatoms. The van der Waals surface area contributed by atoms with Gasteiger partial charge in [-0.05, 0) is 34.5 Å². The Morgan fingerprint density at radius 3 is 2.70 bits per heavy atom. The monoisotopic (exact) mass is 328 g/mol. The van der Waals surface area contributed by atoms with Crippen molar-refractivity contribution in [2.45, 2.75) is 13.5 Å². The highest BCUT2D eigenvalue weighted by Gasteiger charge is 2.19. The van der Waals surface area contributed by atoms with Gasteiger partial charge in [0.1, 0.15) is 12.8 Å². The predicted octanol–water partition coefficient (Wildman–Crippen LogP) is 3.40. The van der Waals surface area contributed by atoms with E-state index in [9.17, 15) is 10.1 Å². The first-order valence-electron chi connectivity index (χ1n) is 6.72. The molecule has 0 N–H and O–H groups in total. The molecule has 0 aliphatic heterocycles. The van der Waals surface area contributed by atoms with E-state index in [1.807, 2.05) is 6.92 Å². The van der Waals surface area contributed by atoms with Gasteiger partial charge in [-0.1, -0.05) is 0 Å². The van der Waals surface area contributed by atoms with Crippen LogP contribution in [0.25, 0.3) is 10.4 Å². The molecule has 0 aliphatic carbocycles. The predicted molar refractivity (Wildman–Crippen MR) is 85.3 cm³/mol. The summed E-state index contributed by atoms with van der Waals surface area (Å²) in [7, 11) is 0. The summed E-state index contributed by atoms with van der Waals surface area (Å²) in [5, 5.41) is 12.0. The van der Waals surface area contributed by atoms with Crippen molar-refractivity contribution >= 4 is 17.2 Å². The summed E-state index contributed by atoms with van der Waals surface area (Å²) in [4.78, 5) is 23.5. The smallest absolute Gasteiger partial charge is 0.406 e. The highest BCUT2D eigenvalue weighted by Crippen LogP contribution is 2.32. The van der Waals surface area contributed by atoms with Crippen LogP contribution in [0, 0.1) is 17.0 Å². The molecule has 0 fully saturated rings. The second kappa shape index (κ2) is 6.49. The molecule has 3 aromatic heterocycles. The summed E-state index contributed by atoms with van der Waals surface area (Å²) in [5.74, 6) is -0.167. The molecular weight excluding hydrogens is 316 g/mol. The Bertz CT molecular complexity index is 836. The molecule has 7 nitrogen and oxygen atoms in total. The summed E-state index contributed by atoms with van der Waals surface area (Å²) in [6.45, 7) is 2.10. The summed E-state index contributed by atoms with van der Waals surface area (Å²) >= 11 is 1.49. The van der Waals surface area contributed by atoms with Gasteiger partial charge < -0.3 is 14.9 Å². The second-order valence-corrected chi connectivity index (χ2v) is 5.93. The van der Waals surface area contributed by atoms with Gasteiger partial charge in [-0.15, -0.1) is 11.3 Å². The first-order valence-corrected chi connectivity index (χ1v) is 7.54. The standard InChI is InChI=1S/C15H12N4O3S/c1-10-17-8-14(23-10)12-6-13(15(18-7-12)19(20)21)22-9-11-2-4-16-5-3-11/h2-8H,9H2,1H3. The zero-order valence-corrected chi connectivity index (χ0v) is 13.0. The van der Waals surface area contributed by atoms with Crippen LogP contribution in [0.4, 0.5) is 5.82 Å². The molecule has 0 unspecified atom stereocenters. The SMILES string of the molecule is Cc1ncc(-c2cnc([N+](=O)[O-])c(OCc3ccncc3)c2)s1. The second-order valence-electron chi connectivity index (χ2n) is 4.69. The number of pyridine rings is 2. The Morgan fingerprint density at radius 1 is 1.26 bits per heavy atom. The lowest BCUT2D eigenvalue weighted by atomic mass is 10.2. The minimum atomic E-state index is -0.552. The number of nitrogens with zero attached hydrogens (tertiary/aromatic N) is 4. The van der Waals surface area contributed by atoms with Crippen molar-refractivity contribution in [2.75, 3.05) is 0 Å². The fraction of sp³-hybridized carbons (Fsp3) is 0.133. The lowest BCUT2D eigenvalue weighted by molar-refractivity contribution is -0.390. The van der Waals surface area contributed by atoms with E-state index in [0.717, 1.165) is 21.0 Å². The van der Waals surface area contributed by atoms with Crippen LogP contribution in [0.1, 0.15) is 10.6 Å². The molecule has 0 aliphatic rings. The van der Waals surface area contributed by atoms with Crippen molar-refractivity contribution in [3.63, 3.8) is 0 Å². The Hall–Kier alpha value is -2.87. The molecule has 0 bridgehead atoms. The van der Waals surface area contributed by atoms with Crippen molar-refractivity contribution in [1.82, 2.24) is 15.0 Å². The molecule has 23 heavy (non-hydrogen) atoms. The van der Waals surface area contributed by atoms with Crippen LogP contribution < -0.4 is 4.74 Å². The average molecular weight is 328 g/mol. The number of hydrogen-bond donors (Lipinski definition) is 0. The normalized spacial score (nSPS) is 10.5. The van der Waals surface area contributed by atoms with E-state index in [1.165, 1.54) is 17.5 Å². The van der Waals surface area contributed by atoms with Gasteiger partial charge in [-0.25, -0.2) is 4.98 Å². The Balaban J connectivity index is 1.90. The Labute approximate surface area is 135 Å². The minimum Gasteiger partial charge on any atom is -0.481 e. The van der Waals surface area contributed by atoms with Gasteiger partial charge in [0.2, 0.25) is 5.75 Å². The molecule has 0 saturated carbocycles. The average Bonchev–Trinajstić information content (AvgIpc) is 3.00. The van der Waals surface area contributed by atoms with Crippen LogP contribution in [0.5, 0.6) is 5.75 Å². The first-order chi connectivity index (χ1) is 11.1. The van der Waals surface area contributed by atoms with Crippen molar-refractivity contribution in [1.29, 1.82) is 0 Å². The molecular formula is C15H12N4O3S. The molecule has 0 atom stereocenters. The van der Waals surface area contributed by atoms with E-state index in [0.29, 0.717) is 0 Å². The highest BCUT2D eigenvalue weighted by atomic mass is 32.1. The topological polar surface area (TPSA) is 91.0 Å². The van der Waals surface area contributed by atoms with Crippen LogP contribution in [0.15, 0.2) is 43.0 Å². The summed E-state index contributed by atoms with van der Waals surface area (Å²) in [6.07, 6.45) is 6.46. The van der Waals surface area contributed by atoms with Crippen molar-refractivity contribution in [3.05, 3.63) is 63.7 Å². The maximum absolute atomic E-state index is 11.1. The summed E-state index contributed by atoms with van der Waals surface area (Å²) in [6, 6.07) is 5.20. The number of hydrogen-bond acceptors (Lipinski definition) is 7. The van der Waals surface area contributed by atoms with E-state index in [1.54, 1.807) is 36.8 Å². The molecule has 3 rings (SSSR count). The third-order valence-corrected chi connectivity index (χ3v) is 4.02. The van der Waals surface area contributed by atoms with E-state index < -0.39 is 4.92 Å². The maximum Gasteiger partial charge on any atom is 0.406 e. The lowest BCUT2D eigenvalue weighted by Crippen LogP contribution is -2.01. The number of aromatic nitrogens is 3. The summed E-state index contributed by atoms with van der Waals surface area (Å²) < 4.78 is 5.61. The summed E-state index contributed by atoms with van der Waals surface area (Å²) in [5.41, 5.74) is 1.61. The zero-order chi connectivity index (χ0) is 16.2. The fourth-order valence-electron chi connectivity index (χ4n) is 1.95. The van der Waals surface area contributed by atoms with Crippen LogP contribution >= 0.6 is 11.3 Å². The Morgan fingerprint density at radius 2 is 2.04 bits per heavy atom. The molecule has 3 heterocycles. The maximum atomic E-state index is 11.1. The van der Waals surface area contributed by atoms with Gasteiger partial charge >= 0.3 is 5.82 Å². The molecule has 0 spiro atoms. The van der Waals surface area contributed by atoms with Crippen molar-refractivity contribution < 1.29 is 9.66 Å². The molecule has 116 valence electrons. The third kappa shape index (κ3) is 3.49. The van der Waals surface area contributed by atoms with E-state index in [-0.39, 0.29) is 18.2 Å². The van der Waals surface area contributed by atoms with Crippen LogP contribution in [-0.4, -0.2) is 19.9 Å². The van der Waals surface area contributed by atoms with Crippen molar-refractivity contribution in [3.8, 4) is 16.2 Å². The minimum absolute atomic E-state index is 0.135. The van der Waals surface area contributed by atoms with Gasteiger partial charge in [0.15, 0.2) is 0 Å². The highest BCUT2D eigenvalue weighted by molar-refractivity contribution is 7.15. The van der Waals surface area contributed by atoms with Crippen molar-refractivity contribution in [2.24, 2.45) is 0 Å². The quantitative estimate of drug-likeness (QED) is 0.526. The molecule has 0 amide bonds. The van der Waals surface area contributed by atoms with E-state index in [2.05, 4.69) is 15.0 Å². The zero-order valence-electron chi connectivity index (χ0n) is 12.2. The van der Waals surface area contributed by atoms with Gasteiger partial charge in [-0.2, -0.15) is 0 Å². The van der Waals surface area contributed by atoms with Gasteiger partial charge in [0.25, 0.3) is 0 Å². The molecule has 0 aromatic carbocycles. The van der Waals surface area contributed by atoms with Crippen LogP contribution in [0.3, 0.4) is 0 Å². The largest absolute Gasteiger partial charge is 0.481 e. The Kier molecular flexibility index (Phi) is 4.24. The number of aryl methyl sites for hydroxylation is 1. The van der Waals surface area contributed by atoms with Gasteiger partial charge in [0.05, 0.1) is 9.88 Å².